The molecule has 1 aliphatic heterocycles. The molecule has 0 aromatic heterocycles. The molecule has 4 rings (SSSR count). The van der Waals surface area contributed by atoms with Crippen LogP contribution in [-0.4, -0.2) is 11.8 Å². The first-order valence-corrected chi connectivity index (χ1v) is 10.1. The molecule has 0 unspecified atom stereocenters. The number of benzene rings is 3. The molecule has 0 N–H and O–H groups in total. The number of Topliss-reactive ketones (excluding diaryl/α,β-unsaturated/α-hetero) is 1. The van der Waals surface area contributed by atoms with Gasteiger partial charge in [0, 0.05) is 10.6 Å². The highest BCUT2D eigenvalue weighted by Gasteiger charge is 2.30. The Kier molecular flexibility index (Phi) is 6.01. The smallest absolute Gasteiger partial charge is 0.315 e. The normalized spacial score (nSPS) is 14.0. The second kappa shape index (κ2) is 9.02. The molecule has 5 heteroatoms. The van der Waals surface area contributed by atoms with Gasteiger partial charge in [0.1, 0.15) is 11.5 Å². The number of hydrogen-bond donors (Lipinski definition) is 0. The van der Waals surface area contributed by atoms with E-state index >= 15 is 0 Å². The van der Waals surface area contributed by atoms with Crippen LogP contribution in [0.3, 0.4) is 0 Å². The Labute approximate surface area is 185 Å². The fourth-order valence-electron chi connectivity index (χ4n) is 3.23. The zero-order valence-corrected chi connectivity index (χ0v) is 17.6. The van der Waals surface area contributed by atoms with Crippen molar-refractivity contribution in [3.8, 4) is 11.5 Å². The third kappa shape index (κ3) is 4.76. The lowest BCUT2D eigenvalue weighted by Gasteiger charge is -2.10. The molecule has 0 saturated carbocycles. The Morgan fingerprint density at radius 2 is 1.77 bits per heavy atom. The number of allylic oxidation sites excluding steroid dienone is 3. The highest BCUT2D eigenvalue weighted by molar-refractivity contribution is 6.30. The first-order valence-electron chi connectivity index (χ1n) is 9.76. The van der Waals surface area contributed by atoms with E-state index in [9.17, 15) is 9.59 Å². The fourth-order valence-corrected chi connectivity index (χ4v) is 3.36. The van der Waals surface area contributed by atoms with Gasteiger partial charge in [-0.1, -0.05) is 66.2 Å². The molecule has 0 radical (unpaired) electrons. The van der Waals surface area contributed by atoms with Gasteiger partial charge in [-0.05, 0) is 48.4 Å². The summed E-state index contributed by atoms with van der Waals surface area (Å²) < 4.78 is 11.3. The van der Waals surface area contributed by atoms with Gasteiger partial charge in [-0.2, -0.15) is 0 Å². The molecule has 1 heterocycles. The standard InChI is InChI=1S/C26H19ClO4/c1-17-22(30-24(28)16-19-10-12-20(27)13-11-19)15-14-21-25(29)23(31-26(17)21)9-5-8-18-6-3-2-4-7-18/h2-15H,16H2,1H3/b8-5+,23-9-. The third-order valence-electron chi connectivity index (χ3n) is 4.86. The minimum absolute atomic E-state index is 0.114. The summed E-state index contributed by atoms with van der Waals surface area (Å²) >= 11 is 5.87. The lowest BCUT2D eigenvalue weighted by Crippen LogP contribution is -2.12. The van der Waals surface area contributed by atoms with Crippen molar-refractivity contribution < 1.29 is 19.1 Å². The number of fused-ring (bicyclic) bond motifs is 1. The Hall–Kier alpha value is -3.63. The Bertz CT molecular complexity index is 1190. The van der Waals surface area contributed by atoms with Crippen molar-refractivity contribution in [2.75, 3.05) is 0 Å². The average molecular weight is 431 g/mol. The maximum Gasteiger partial charge on any atom is 0.315 e. The average Bonchev–Trinajstić information content (AvgIpc) is 3.09. The molecule has 0 bridgehead atoms. The van der Waals surface area contributed by atoms with Crippen molar-refractivity contribution in [3.05, 3.63) is 112 Å². The van der Waals surface area contributed by atoms with E-state index in [1.54, 1.807) is 55.5 Å². The van der Waals surface area contributed by atoms with Gasteiger partial charge in [-0.25, -0.2) is 0 Å². The van der Waals surface area contributed by atoms with Crippen LogP contribution in [0.1, 0.15) is 27.0 Å². The molecule has 3 aromatic rings. The summed E-state index contributed by atoms with van der Waals surface area (Å²) in [5.41, 5.74) is 2.88. The molecule has 4 nitrogen and oxygen atoms in total. The van der Waals surface area contributed by atoms with Gasteiger partial charge in [-0.15, -0.1) is 0 Å². The van der Waals surface area contributed by atoms with Gasteiger partial charge in [0.25, 0.3) is 0 Å². The topological polar surface area (TPSA) is 52.6 Å². The number of hydrogen-bond acceptors (Lipinski definition) is 4. The molecule has 0 atom stereocenters. The molecule has 1 aliphatic rings. The summed E-state index contributed by atoms with van der Waals surface area (Å²) in [6.45, 7) is 1.76. The van der Waals surface area contributed by atoms with Crippen molar-refractivity contribution in [2.24, 2.45) is 0 Å². The molecule has 0 saturated heterocycles. The largest absolute Gasteiger partial charge is 0.452 e. The maximum atomic E-state index is 12.6. The van der Waals surface area contributed by atoms with E-state index in [0.717, 1.165) is 11.1 Å². The Balaban J connectivity index is 1.48. The minimum Gasteiger partial charge on any atom is -0.452 e. The van der Waals surface area contributed by atoms with Crippen LogP contribution >= 0.6 is 11.6 Å². The van der Waals surface area contributed by atoms with Gasteiger partial charge < -0.3 is 9.47 Å². The molecule has 0 spiro atoms. The highest BCUT2D eigenvalue weighted by Crippen LogP contribution is 2.38. The van der Waals surface area contributed by atoms with E-state index in [2.05, 4.69) is 0 Å². The molecule has 0 fully saturated rings. The number of carbonyl (C=O) groups excluding carboxylic acids is 2. The van der Waals surface area contributed by atoms with Crippen LogP contribution in [0.2, 0.25) is 5.02 Å². The van der Waals surface area contributed by atoms with E-state index in [1.165, 1.54) is 0 Å². The van der Waals surface area contributed by atoms with Gasteiger partial charge >= 0.3 is 5.97 Å². The van der Waals surface area contributed by atoms with Gasteiger partial charge in [0.15, 0.2) is 5.76 Å². The summed E-state index contributed by atoms with van der Waals surface area (Å²) in [4.78, 5) is 25.0. The van der Waals surface area contributed by atoms with E-state index in [1.807, 2.05) is 36.4 Å². The van der Waals surface area contributed by atoms with E-state index in [0.29, 0.717) is 27.6 Å². The number of carbonyl (C=O) groups is 2. The summed E-state index contributed by atoms with van der Waals surface area (Å²) in [6.07, 6.45) is 5.42. The molecule has 31 heavy (non-hydrogen) atoms. The summed E-state index contributed by atoms with van der Waals surface area (Å²) in [6, 6.07) is 20.0. The van der Waals surface area contributed by atoms with E-state index in [-0.39, 0.29) is 18.0 Å². The fraction of sp³-hybridized carbons (Fsp3) is 0.0769. The molecule has 154 valence electrons. The summed E-state index contributed by atoms with van der Waals surface area (Å²) in [5.74, 6) is 0.411. The predicted octanol–water partition coefficient (Wildman–Crippen LogP) is 5.97. The summed E-state index contributed by atoms with van der Waals surface area (Å²) in [5, 5.41) is 0.607. The van der Waals surface area contributed by atoms with Crippen LogP contribution in [0, 0.1) is 6.92 Å². The Morgan fingerprint density at radius 1 is 1.03 bits per heavy atom. The molecular weight excluding hydrogens is 412 g/mol. The number of ketones is 1. The first kappa shape index (κ1) is 20.6. The number of halogens is 1. The number of ether oxygens (including phenoxy) is 2. The highest BCUT2D eigenvalue weighted by atomic mass is 35.5. The number of esters is 1. The van der Waals surface area contributed by atoms with Crippen LogP contribution in [0.5, 0.6) is 11.5 Å². The predicted molar refractivity (Wildman–Crippen MR) is 120 cm³/mol. The van der Waals surface area contributed by atoms with Crippen LogP contribution in [0.4, 0.5) is 0 Å². The second-order valence-corrected chi connectivity index (χ2v) is 7.51. The molecule has 3 aromatic carbocycles. The quantitative estimate of drug-likeness (QED) is 0.284. The second-order valence-electron chi connectivity index (χ2n) is 7.07. The molecule has 0 aliphatic carbocycles. The van der Waals surface area contributed by atoms with Crippen LogP contribution < -0.4 is 9.47 Å². The monoisotopic (exact) mass is 430 g/mol. The SMILES string of the molecule is Cc1c(OC(=O)Cc2ccc(Cl)cc2)ccc2c1O/C(=C\C=C\c1ccccc1)C2=O. The summed E-state index contributed by atoms with van der Waals surface area (Å²) in [7, 11) is 0. The Morgan fingerprint density at radius 3 is 2.52 bits per heavy atom. The zero-order chi connectivity index (χ0) is 21.8. The van der Waals surface area contributed by atoms with Crippen LogP contribution in [0.15, 0.2) is 84.6 Å². The minimum atomic E-state index is -0.406. The molecular formula is C26H19ClO4. The van der Waals surface area contributed by atoms with Crippen LogP contribution in [0.25, 0.3) is 6.08 Å². The third-order valence-corrected chi connectivity index (χ3v) is 5.11. The zero-order valence-electron chi connectivity index (χ0n) is 16.8. The van der Waals surface area contributed by atoms with Gasteiger partial charge in [0.2, 0.25) is 5.78 Å². The van der Waals surface area contributed by atoms with Crippen molar-refractivity contribution in [1.82, 2.24) is 0 Å². The van der Waals surface area contributed by atoms with Crippen LogP contribution in [-0.2, 0) is 11.2 Å². The van der Waals surface area contributed by atoms with Crippen molar-refractivity contribution >= 4 is 29.4 Å². The van der Waals surface area contributed by atoms with Crippen molar-refractivity contribution in [1.29, 1.82) is 0 Å². The molecule has 0 amide bonds. The van der Waals surface area contributed by atoms with Gasteiger partial charge in [-0.3, -0.25) is 9.59 Å². The van der Waals surface area contributed by atoms with Gasteiger partial charge in [0.05, 0.1) is 12.0 Å². The van der Waals surface area contributed by atoms with E-state index < -0.39 is 5.97 Å². The van der Waals surface area contributed by atoms with Crippen molar-refractivity contribution in [3.63, 3.8) is 0 Å². The van der Waals surface area contributed by atoms with Crippen molar-refractivity contribution in [2.45, 2.75) is 13.3 Å². The lowest BCUT2D eigenvalue weighted by molar-refractivity contribution is -0.133. The lowest BCUT2D eigenvalue weighted by atomic mass is 10.1. The maximum absolute atomic E-state index is 12.6. The number of rotatable bonds is 5. The first-order chi connectivity index (χ1) is 15.0. The van der Waals surface area contributed by atoms with E-state index in [4.69, 9.17) is 21.1 Å².